The zero-order valence-corrected chi connectivity index (χ0v) is 9.04. The molecule has 1 rings (SSSR count). The summed E-state index contributed by atoms with van der Waals surface area (Å²) >= 11 is 3.22. The second-order valence-electron chi connectivity index (χ2n) is 2.71. The van der Waals surface area contributed by atoms with E-state index in [2.05, 4.69) is 21.2 Å². The van der Waals surface area contributed by atoms with Gasteiger partial charge in [0, 0.05) is 17.6 Å². The predicted octanol–water partition coefficient (Wildman–Crippen LogP) is 0.843. The van der Waals surface area contributed by atoms with Crippen LogP contribution in [-0.4, -0.2) is 24.1 Å². The molecule has 14 heavy (non-hydrogen) atoms. The SMILES string of the molecule is NCCNC(=O)c1cc(Br)ccc1O. The first-order valence-corrected chi connectivity index (χ1v) is 4.91. The number of hydrogen-bond acceptors (Lipinski definition) is 3. The number of benzene rings is 1. The van der Waals surface area contributed by atoms with Gasteiger partial charge in [-0.15, -0.1) is 0 Å². The lowest BCUT2D eigenvalue weighted by atomic mass is 10.2. The molecule has 4 N–H and O–H groups in total. The number of nitrogens with one attached hydrogen (secondary N) is 1. The Balaban J connectivity index is 2.83. The zero-order chi connectivity index (χ0) is 10.6. The molecule has 4 nitrogen and oxygen atoms in total. The van der Waals surface area contributed by atoms with E-state index in [0.717, 1.165) is 4.47 Å². The summed E-state index contributed by atoms with van der Waals surface area (Å²) in [6, 6.07) is 4.68. The molecule has 1 amide bonds. The summed E-state index contributed by atoms with van der Waals surface area (Å²) in [4.78, 5) is 11.4. The van der Waals surface area contributed by atoms with Crippen LogP contribution in [0.15, 0.2) is 22.7 Å². The number of aromatic hydroxyl groups is 1. The van der Waals surface area contributed by atoms with Crippen LogP contribution in [0.3, 0.4) is 0 Å². The van der Waals surface area contributed by atoms with Crippen molar-refractivity contribution in [3.8, 4) is 5.75 Å². The Bertz CT molecular complexity index is 342. The van der Waals surface area contributed by atoms with Crippen LogP contribution in [0.5, 0.6) is 5.75 Å². The van der Waals surface area contributed by atoms with Gasteiger partial charge in [-0.3, -0.25) is 4.79 Å². The van der Waals surface area contributed by atoms with Crippen LogP contribution in [0.4, 0.5) is 0 Å². The van der Waals surface area contributed by atoms with Gasteiger partial charge in [0.25, 0.3) is 5.91 Å². The number of phenolic OH excluding ortho intramolecular Hbond substituents is 1. The highest BCUT2D eigenvalue weighted by atomic mass is 79.9. The Hall–Kier alpha value is -1.07. The molecule has 1 aromatic carbocycles. The van der Waals surface area contributed by atoms with Crippen LogP contribution >= 0.6 is 15.9 Å². The molecule has 0 spiro atoms. The first-order chi connectivity index (χ1) is 6.65. The number of amides is 1. The van der Waals surface area contributed by atoms with Crippen molar-refractivity contribution in [1.29, 1.82) is 0 Å². The van der Waals surface area contributed by atoms with Gasteiger partial charge in [-0.2, -0.15) is 0 Å². The van der Waals surface area contributed by atoms with E-state index in [0.29, 0.717) is 13.1 Å². The van der Waals surface area contributed by atoms with Crippen LogP contribution < -0.4 is 11.1 Å². The summed E-state index contributed by atoms with van der Waals surface area (Å²) in [5.74, 6) is -0.364. The summed E-state index contributed by atoms with van der Waals surface area (Å²) in [5.41, 5.74) is 5.48. The third-order valence-corrected chi connectivity index (χ3v) is 2.13. The quantitative estimate of drug-likeness (QED) is 0.753. The molecular formula is C9H11BrN2O2. The first-order valence-electron chi connectivity index (χ1n) is 4.12. The Morgan fingerprint density at radius 1 is 1.57 bits per heavy atom. The Morgan fingerprint density at radius 3 is 2.93 bits per heavy atom. The molecule has 76 valence electrons. The maximum Gasteiger partial charge on any atom is 0.255 e. The molecule has 1 aromatic rings. The summed E-state index contributed by atoms with van der Waals surface area (Å²) in [6.07, 6.45) is 0. The molecular weight excluding hydrogens is 248 g/mol. The lowest BCUT2D eigenvalue weighted by molar-refractivity contribution is 0.0952. The van der Waals surface area contributed by atoms with Crippen molar-refractivity contribution in [1.82, 2.24) is 5.32 Å². The van der Waals surface area contributed by atoms with Crippen molar-refractivity contribution in [2.75, 3.05) is 13.1 Å². The molecule has 0 bridgehead atoms. The van der Waals surface area contributed by atoms with Gasteiger partial charge in [0.1, 0.15) is 5.75 Å². The topological polar surface area (TPSA) is 75.3 Å². The molecule has 0 saturated heterocycles. The van der Waals surface area contributed by atoms with Gasteiger partial charge in [0.15, 0.2) is 0 Å². The van der Waals surface area contributed by atoms with E-state index in [9.17, 15) is 9.90 Å². The van der Waals surface area contributed by atoms with Crippen molar-refractivity contribution >= 4 is 21.8 Å². The van der Waals surface area contributed by atoms with E-state index in [-0.39, 0.29) is 17.2 Å². The normalized spacial score (nSPS) is 9.86. The Kier molecular flexibility index (Phi) is 3.91. The van der Waals surface area contributed by atoms with Crippen LogP contribution in [0, 0.1) is 0 Å². The van der Waals surface area contributed by atoms with Crippen molar-refractivity contribution in [2.45, 2.75) is 0 Å². The molecule has 0 atom stereocenters. The van der Waals surface area contributed by atoms with Gasteiger partial charge >= 0.3 is 0 Å². The summed E-state index contributed by atoms with van der Waals surface area (Å²) < 4.78 is 0.744. The van der Waals surface area contributed by atoms with Crippen LogP contribution in [0.1, 0.15) is 10.4 Å². The number of hydrogen-bond donors (Lipinski definition) is 3. The van der Waals surface area contributed by atoms with Gasteiger partial charge in [-0.05, 0) is 18.2 Å². The second-order valence-corrected chi connectivity index (χ2v) is 3.62. The van der Waals surface area contributed by atoms with Gasteiger partial charge in [0.05, 0.1) is 5.56 Å². The van der Waals surface area contributed by atoms with E-state index < -0.39 is 0 Å². The summed E-state index contributed by atoms with van der Waals surface area (Å²) in [5, 5.41) is 12.0. The molecule has 0 aliphatic rings. The van der Waals surface area contributed by atoms with Gasteiger partial charge < -0.3 is 16.2 Å². The highest BCUT2D eigenvalue weighted by Crippen LogP contribution is 2.21. The Morgan fingerprint density at radius 2 is 2.29 bits per heavy atom. The molecule has 0 radical (unpaired) electrons. The van der Waals surface area contributed by atoms with Crippen molar-refractivity contribution in [2.24, 2.45) is 5.73 Å². The molecule has 0 unspecified atom stereocenters. The number of carbonyl (C=O) groups excluding carboxylic acids is 1. The van der Waals surface area contributed by atoms with Crippen LogP contribution in [0.2, 0.25) is 0 Å². The highest BCUT2D eigenvalue weighted by Gasteiger charge is 2.10. The lowest BCUT2D eigenvalue weighted by Gasteiger charge is -2.05. The van der Waals surface area contributed by atoms with Gasteiger partial charge in [-0.1, -0.05) is 15.9 Å². The fraction of sp³-hybridized carbons (Fsp3) is 0.222. The molecule has 0 saturated carbocycles. The maximum absolute atomic E-state index is 11.4. The van der Waals surface area contributed by atoms with E-state index in [1.807, 2.05) is 0 Å². The van der Waals surface area contributed by atoms with Gasteiger partial charge in [0.2, 0.25) is 0 Å². The van der Waals surface area contributed by atoms with Crippen molar-refractivity contribution in [3.05, 3.63) is 28.2 Å². The fourth-order valence-corrected chi connectivity index (χ4v) is 1.33. The molecule has 0 fully saturated rings. The minimum atomic E-state index is -0.325. The molecule has 0 aliphatic carbocycles. The highest BCUT2D eigenvalue weighted by molar-refractivity contribution is 9.10. The number of rotatable bonds is 3. The zero-order valence-electron chi connectivity index (χ0n) is 7.46. The average Bonchev–Trinajstić information content (AvgIpc) is 2.18. The standard InChI is InChI=1S/C9H11BrN2O2/c10-6-1-2-8(13)7(5-6)9(14)12-4-3-11/h1-2,5,13H,3-4,11H2,(H,12,14). The minimum Gasteiger partial charge on any atom is -0.507 e. The lowest BCUT2D eigenvalue weighted by Crippen LogP contribution is -2.29. The monoisotopic (exact) mass is 258 g/mol. The molecule has 0 aromatic heterocycles. The Labute approximate surface area is 90.2 Å². The van der Waals surface area contributed by atoms with E-state index in [4.69, 9.17) is 5.73 Å². The molecule has 0 aliphatic heterocycles. The third kappa shape index (κ3) is 2.71. The van der Waals surface area contributed by atoms with E-state index >= 15 is 0 Å². The number of nitrogens with two attached hydrogens (primary N) is 1. The smallest absolute Gasteiger partial charge is 0.255 e. The largest absolute Gasteiger partial charge is 0.507 e. The second kappa shape index (κ2) is 4.97. The molecule has 0 heterocycles. The predicted molar refractivity (Wildman–Crippen MR) is 57.2 cm³/mol. The van der Waals surface area contributed by atoms with Crippen LogP contribution in [0.25, 0.3) is 0 Å². The van der Waals surface area contributed by atoms with E-state index in [1.54, 1.807) is 12.1 Å². The fourth-order valence-electron chi connectivity index (χ4n) is 0.971. The van der Waals surface area contributed by atoms with Gasteiger partial charge in [-0.25, -0.2) is 0 Å². The average molecular weight is 259 g/mol. The summed E-state index contributed by atoms with van der Waals surface area (Å²) in [6.45, 7) is 0.769. The molecule has 5 heteroatoms. The van der Waals surface area contributed by atoms with Crippen molar-refractivity contribution in [3.63, 3.8) is 0 Å². The first kappa shape index (κ1) is 11.0. The maximum atomic E-state index is 11.4. The number of halogens is 1. The number of carbonyl (C=O) groups is 1. The summed E-state index contributed by atoms with van der Waals surface area (Å²) in [7, 11) is 0. The minimum absolute atomic E-state index is 0.0391. The van der Waals surface area contributed by atoms with Crippen molar-refractivity contribution < 1.29 is 9.90 Å². The number of phenols is 1. The van der Waals surface area contributed by atoms with Crippen LogP contribution in [-0.2, 0) is 0 Å². The third-order valence-electron chi connectivity index (χ3n) is 1.63. The van der Waals surface area contributed by atoms with E-state index in [1.165, 1.54) is 6.07 Å².